The summed E-state index contributed by atoms with van der Waals surface area (Å²) in [5, 5.41) is 10.9. The monoisotopic (exact) mass is 283 g/mol. The van der Waals surface area contributed by atoms with E-state index in [1.54, 1.807) is 7.11 Å². The molecule has 100 valence electrons. The summed E-state index contributed by atoms with van der Waals surface area (Å²) in [4.78, 5) is 5.01. The van der Waals surface area contributed by atoms with Crippen molar-refractivity contribution in [3.8, 4) is 32.6 Å². The van der Waals surface area contributed by atoms with Crippen LogP contribution in [0.3, 0.4) is 0 Å². The van der Waals surface area contributed by atoms with Crippen molar-refractivity contribution in [1.82, 2.24) is 4.98 Å². The molecule has 0 saturated carbocycles. The minimum atomic E-state index is 0.0685. The van der Waals surface area contributed by atoms with E-state index in [2.05, 4.69) is 4.98 Å². The standard InChI is InChI=1S/C16H13NO2S/c1-19-13-9-7-11(8-10-13)14-15(18)17-16(20-14)12-5-3-2-4-6-12/h2-10,18H,1H3. The predicted molar refractivity (Wildman–Crippen MR) is 81.2 cm³/mol. The summed E-state index contributed by atoms with van der Waals surface area (Å²) in [6, 6.07) is 17.4. The molecule has 0 fully saturated rings. The van der Waals surface area contributed by atoms with Gasteiger partial charge in [-0.15, -0.1) is 11.3 Å². The Morgan fingerprint density at radius 1 is 0.950 bits per heavy atom. The number of hydrogen-bond acceptors (Lipinski definition) is 4. The molecule has 0 aliphatic heterocycles. The quantitative estimate of drug-likeness (QED) is 0.783. The van der Waals surface area contributed by atoms with Crippen LogP contribution in [-0.4, -0.2) is 17.2 Å². The SMILES string of the molecule is COc1ccc(-c2sc(-c3ccccc3)nc2O)cc1. The summed E-state index contributed by atoms with van der Waals surface area (Å²) in [5.41, 5.74) is 1.94. The molecule has 1 heterocycles. The lowest BCUT2D eigenvalue weighted by atomic mass is 10.2. The topological polar surface area (TPSA) is 42.4 Å². The van der Waals surface area contributed by atoms with Gasteiger partial charge in [0.2, 0.25) is 5.88 Å². The minimum absolute atomic E-state index is 0.0685. The zero-order valence-electron chi connectivity index (χ0n) is 10.9. The van der Waals surface area contributed by atoms with Gasteiger partial charge in [-0.3, -0.25) is 0 Å². The summed E-state index contributed by atoms with van der Waals surface area (Å²) < 4.78 is 5.14. The smallest absolute Gasteiger partial charge is 0.230 e. The van der Waals surface area contributed by atoms with Gasteiger partial charge in [0.1, 0.15) is 10.8 Å². The van der Waals surface area contributed by atoms with Gasteiger partial charge in [0.05, 0.1) is 12.0 Å². The van der Waals surface area contributed by atoms with Gasteiger partial charge < -0.3 is 9.84 Å². The van der Waals surface area contributed by atoms with Crippen molar-refractivity contribution in [2.45, 2.75) is 0 Å². The van der Waals surface area contributed by atoms with Crippen LogP contribution in [0.2, 0.25) is 0 Å². The average Bonchev–Trinajstić information content (AvgIpc) is 2.90. The van der Waals surface area contributed by atoms with Crippen molar-refractivity contribution in [3.63, 3.8) is 0 Å². The molecule has 0 aliphatic carbocycles. The number of aromatic hydroxyl groups is 1. The molecular formula is C16H13NO2S. The first-order valence-electron chi connectivity index (χ1n) is 6.17. The molecule has 3 aromatic rings. The number of thiazole rings is 1. The second-order valence-electron chi connectivity index (χ2n) is 4.27. The molecule has 3 rings (SSSR count). The van der Waals surface area contributed by atoms with E-state index in [0.717, 1.165) is 26.8 Å². The second-order valence-corrected chi connectivity index (χ2v) is 5.27. The van der Waals surface area contributed by atoms with E-state index < -0.39 is 0 Å². The number of benzene rings is 2. The van der Waals surface area contributed by atoms with Gasteiger partial charge in [-0.25, -0.2) is 4.98 Å². The summed E-state index contributed by atoms with van der Waals surface area (Å²) in [6.45, 7) is 0. The number of methoxy groups -OCH3 is 1. The van der Waals surface area contributed by atoms with Gasteiger partial charge in [0, 0.05) is 5.56 Å². The zero-order valence-corrected chi connectivity index (χ0v) is 11.7. The third kappa shape index (κ3) is 2.38. The van der Waals surface area contributed by atoms with Crippen molar-refractivity contribution in [2.75, 3.05) is 7.11 Å². The molecule has 0 spiro atoms. The normalized spacial score (nSPS) is 10.4. The average molecular weight is 283 g/mol. The van der Waals surface area contributed by atoms with Gasteiger partial charge in [-0.2, -0.15) is 0 Å². The first kappa shape index (κ1) is 12.7. The molecule has 0 radical (unpaired) electrons. The van der Waals surface area contributed by atoms with Crippen molar-refractivity contribution in [2.24, 2.45) is 0 Å². The van der Waals surface area contributed by atoms with Crippen molar-refractivity contribution in [3.05, 3.63) is 54.6 Å². The summed E-state index contributed by atoms with van der Waals surface area (Å²) in [5.74, 6) is 0.861. The summed E-state index contributed by atoms with van der Waals surface area (Å²) in [6.07, 6.45) is 0. The first-order valence-corrected chi connectivity index (χ1v) is 6.99. The highest BCUT2D eigenvalue weighted by Gasteiger charge is 2.13. The highest BCUT2D eigenvalue weighted by Crippen LogP contribution is 2.39. The van der Waals surface area contributed by atoms with E-state index in [-0.39, 0.29) is 5.88 Å². The minimum Gasteiger partial charge on any atom is -0.497 e. The van der Waals surface area contributed by atoms with E-state index in [0.29, 0.717) is 0 Å². The lowest BCUT2D eigenvalue weighted by molar-refractivity contribution is 0.415. The number of ether oxygens (including phenoxy) is 1. The van der Waals surface area contributed by atoms with Crippen LogP contribution in [-0.2, 0) is 0 Å². The molecule has 0 unspecified atom stereocenters. The molecule has 1 N–H and O–H groups in total. The van der Waals surface area contributed by atoms with E-state index in [1.807, 2.05) is 54.6 Å². The molecule has 3 nitrogen and oxygen atoms in total. The van der Waals surface area contributed by atoms with E-state index in [9.17, 15) is 5.11 Å². The Hall–Kier alpha value is -2.33. The Morgan fingerprint density at radius 2 is 1.65 bits per heavy atom. The van der Waals surface area contributed by atoms with Crippen molar-refractivity contribution in [1.29, 1.82) is 0 Å². The van der Waals surface area contributed by atoms with E-state index >= 15 is 0 Å². The Morgan fingerprint density at radius 3 is 2.30 bits per heavy atom. The molecule has 0 saturated heterocycles. The van der Waals surface area contributed by atoms with Crippen molar-refractivity contribution >= 4 is 11.3 Å². The predicted octanol–water partition coefficient (Wildman–Crippen LogP) is 4.19. The molecule has 2 aromatic carbocycles. The third-order valence-electron chi connectivity index (χ3n) is 2.98. The fraction of sp³-hybridized carbons (Fsp3) is 0.0625. The van der Waals surface area contributed by atoms with Gasteiger partial charge in [0.25, 0.3) is 0 Å². The highest BCUT2D eigenvalue weighted by atomic mass is 32.1. The fourth-order valence-corrected chi connectivity index (χ4v) is 2.92. The van der Waals surface area contributed by atoms with Crippen molar-refractivity contribution < 1.29 is 9.84 Å². The number of hydrogen-bond donors (Lipinski definition) is 1. The maximum Gasteiger partial charge on any atom is 0.230 e. The highest BCUT2D eigenvalue weighted by molar-refractivity contribution is 7.18. The largest absolute Gasteiger partial charge is 0.497 e. The van der Waals surface area contributed by atoms with E-state index in [1.165, 1.54) is 11.3 Å². The van der Waals surface area contributed by atoms with Gasteiger partial charge in [-0.05, 0) is 29.8 Å². The Kier molecular flexibility index (Phi) is 3.39. The zero-order chi connectivity index (χ0) is 13.9. The van der Waals surface area contributed by atoms with Crippen LogP contribution in [0, 0.1) is 0 Å². The Bertz CT molecular complexity index is 705. The third-order valence-corrected chi connectivity index (χ3v) is 4.12. The molecule has 0 atom stereocenters. The summed E-state index contributed by atoms with van der Waals surface area (Å²) in [7, 11) is 1.63. The Balaban J connectivity index is 2.00. The molecular weight excluding hydrogens is 270 g/mol. The lowest BCUT2D eigenvalue weighted by Crippen LogP contribution is -1.81. The number of rotatable bonds is 3. The Labute approximate surface area is 121 Å². The molecule has 0 amide bonds. The number of nitrogens with zero attached hydrogens (tertiary/aromatic N) is 1. The lowest BCUT2D eigenvalue weighted by Gasteiger charge is -2.01. The maximum absolute atomic E-state index is 10.0. The summed E-state index contributed by atoms with van der Waals surface area (Å²) >= 11 is 1.48. The molecule has 4 heteroatoms. The van der Waals surface area contributed by atoms with Crippen LogP contribution >= 0.6 is 11.3 Å². The van der Waals surface area contributed by atoms with Crippen LogP contribution in [0.4, 0.5) is 0 Å². The van der Waals surface area contributed by atoms with Crippen LogP contribution in [0.15, 0.2) is 54.6 Å². The molecule has 20 heavy (non-hydrogen) atoms. The second kappa shape index (κ2) is 5.35. The van der Waals surface area contributed by atoms with Crippen LogP contribution in [0.25, 0.3) is 21.0 Å². The molecule has 1 aromatic heterocycles. The van der Waals surface area contributed by atoms with E-state index in [4.69, 9.17) is 4.74 Å². The maximum atomic E-state index is 10.0. The molecule has 0 aliphatic rings. The van der Waals surface area contributed by atoms with Gasteiger partial charge in [0.15, 0.2) is 0 Å². The number of aromatic nitrogens is 1. The first-order chi connectivity index (χ1) is 9.78. The van der Waals surface area contributed by atoms with Crippen LogP contribution < -0.4 is 4.74 Å². The molecule has 0 bridgehead atoms. The van der Waals surface area contributed by atoms with Crippen LogP contribution in [0.1, 0.15) is 0 Å². The van der Waals surface area contributed by atoms with Crippen LogP contribution in [0.5, 0.6) is 11.6 Å². The van der Waals surface area contributed by atoms with Gasteiger partial charge in [-0.1, -0.05) is 30.3 Å². The fourth-order valence-electron chi connectivity index (χ4n) is 1.95. The van der Waals surface area contributed by atoms with Gasteiger partial charge >= 0.3 is 0 Å².